The summed E-state index contributed by atoms with van der Waals surface area (Å²) in [4.78, 5) is 26.2. The minimum Gasteiger partial charge on any atom is -0.345 e. The molecule has 1 saturated carbocycles. The van der Waals surface area contributed by atoms with Gasteiger partial charge in [-0.05, 0) is 18.3 Å². The first-order chi connectivity index (χ1) is 8.41. The molecule has 4 heteroatoms. The molecule has 2 rings (SSSR count). The fourth-order valence-corrected chi connectivity index (χ4v) is 3.21. The lowest BCUT2D eigenvalue weighted by Gasteiger charge is -2.47. The predicted molar refractivity (Wildman–Crippen MR) is 70.0 cm³/mol. The van der Waals surface area contributed by atoms with Gasteiger partial charge in [-0.25, -0.2) is 0 Å². The summed E-state index contributed by atoms with van der Waals surface area (Å²) in [5.74, 6) is 0.0918. The average Bonchev–Trinajstić information content (AvgIpc) is 2.31. The molecule has 2 amide bonds. The number of rotatable bonds is 1. The lowest BCUT2D eigenvalue weighted by Crippen LogP contribution is -2.65. The highest BCUT2D eigenvalue weighted by atomic mass is 16.2. The van der Waals surface area contributed by atoms with Gasteiger partial charge in [-0.3, -0.25) is 9.59 Å². The van der Waals surface area contributed by atoms with Crippen LogP contribution in [0.25, 0.3) is 0 Å². The third-order valence-electron chi connectivity index (χ3n) is 4.02. The molecule has 2 aliphatic rings. The molecule has 0 bridgehead atoms. The molecule has 1 unspecified atom stereocenters. The van der Waals surface area contributed by atoms with Gasteiger partial charge in [0.05, 0.1) is 6.54 Å². The van der Waals surface area contributed by atoms with Crippen LogP contribution in [0.2, 0.25) is 0 Å². The van der Waals surface area contributed by atoms with E-state index in [4.69, 9.17) is 0 Å². The normalized spacial score (nSPS) is 27.3. The average molecular weight is 252 g/mol. The Labute approximate surface area is 109 Å². The highest BCUT2D eigenvalue weighted by Gasteiger charge is 2.44. The lowest BCUT2D eigenvalue weighted by atomic mass is 9.81. The van der Waals surface area contributed by atoms with E-state index in [2.05, 4.69) is 5.32 Å². The molecular weight excluding hydrogens is 228 g/mol. The number of nitrogens with one attached hydrogen (secondary N) is 1. The van der Waals surface area contributed by atoms with Crippen LogP contribution in [0, 0.1) is 5.41 Å². The molecule has 1 atom stereocenters. The summed E-state index contributed by atoms with van der Waals surface area (Å²) in [7, 11) is 0. The van der Waals surface area contributed by atoms with Gasteiger partial charge < -0.3 is 10.2 Å². The van der Waals surface area contributed by atoms with Crippen LogP contribution in [-0.2, 0) is 9.59 Å². The molecular formula is C14H24N2O2. The molecule has 2 fully saturated rings. The van der Waals surface area contributed by atoms with Gasteiger partial charge in [0, 0.05) is 6.04 Å². The van der Waals surface area contributed by atoms with Crippen molar-refractivity contribution in [2.24, 2.45) is 5.41 Å². The van der Waals surface area contributed by atoms with Crippen molar-refractivity contribution >= 4 is 11.8 Å². The summed E-state index contributed by atoms with van der Waals surface area (Å²) in [6, 6.07) is -0.0524. The fourth-order valence-electron chi connectivity index (χ4n) is 3.21. The van der Waals surface area contributed by atoms with Gasteiger partial charge >= 0.3 is 0 Å². The van der Waals surface area contributed by atoms with Crippen LogP contribution in [0.15, 0.2) is 0 Å². The third-order valence-corrected chi connectivity index (χ3v) is 4.02. The van der Waals surface area contributed by atoms with E-state index in [1.165, 1.54) is 19.3 Å². The summed E-state index contributed by atoms with van der Waals surface area (Å²) >= 11 is 0. The predicted octanol–water partition coefficient (Wildman–Crippen LogP) is 1.69. The van der Waals surface area contributed by atoms with Crippen LogP contribution < -0.4 is 5.32 Å². The Hall–Kier alpha value is -1.06. The Morgan fingerprint density at radius 2 is 1.72 bits per heavy atom. The molecule has 0 spiro atoms. The van der Waals surface area contributed by atoms with Crippen LogP contribution in [0.3, 0.4) is 0 Å². The summed E-state index contributed by atoms with van der Waals surface area (Å²) < 4.78 is 0. The number of hydrogen-bond acceptors (Lipinski definition) is 2. The summed E-state index contributed by atoms with van der Waals surface area (Å²) in [5, 5.41) is 2.73. The van der Waals surface area contributed by atoms with Crippen LogP contribution in [0.1, 0.15) is 52.9 Å². The summed E-state index contributed by atoms with van der Waals surface area (Å²) in [6.45, 7) is 6.27. The van der Waals surface area contributed by atoms with Gasteiger partial charge in [0.2, 0.25) is 11.8 Å². The second-order valence-electron chi connectivity index (χ2n) is 6.58. The van der Waals surface area contributed by atoms with Crippen LogP contribution in [0.5, 0.6) is 0 Å². The van der Waals surface area contributed by atoms with Gasteiger partial charge in [0.1, 0.15) is 6.04 Å². The molecule has 102 valence electrons. The maximum atomic E-state index is 12.2. The first-order valence-electron chi connectivity index (χ1n) is 7.00. The maximum Gasteiger partial charge on any atom is 0.243 e. The van der Waals surface area contributed by atoms with Crippen LogP contribution >= 0.6 is 0 Å². The smallest absolute Gasteiger partial charge is 0.243 e. The quantitative estimate of drug-likeness (QED) is 0.772. The molecule has 0 aromatic rings. The molecule has 18 heavy (non-hydrogen) atoms. The molecule has 0 aromatic heterocycles. The van der Waals surface area contributed by atoms with Gasteiger partial charge in [-0.1, -0.05) is 40.0 Å². The van der Waals surface area contributed by atoms with Crippen molar-refractivity contribution in [1.29, 1.82) is 0 Å². The number of hydrogen-bond donors (Lipinski definition) is 1. The monoisotopic (exact) mass is 252 g/mol. The highest BCUT2D eigenvalue weighted by molar-refractivity contribution is 5.95. The van der Waals surface area contributed by atoms with Crippen molar-refractivity contribution in [3.05, 3.63) is 0 Å². The topological polar surface area (TPSA) is 49.4 Å². The van der Waals surface area contributed by atoms with E-state index >= 15 is 0 Å². The molecule has 1 saturated heterocycles. The molecule has 1 aliphatic carbocycles. The minimum absolute atomic E-state index is 0.00711. The van der Waals surface area contributed by atoms with E-state index < -0.39 is 0 Å². The van der Waals surface area contributed by atoms with E-state index in [1.807, 2.05) is 25.7 Å². The number of amides is 2. The van der Waals surface area contributed by atoms with Gasteiger partial charge in [0.15, 0.2) is 0 Å². The van der Waals surface area contributed by atoms with Crippen LogP contribution in [-0.4, -0.2) is 35.3 Å². The van der Waals surface area contributed by atoms with Crippen molar-refractivity contribution in [1.82, 2.24) is 10.2 Å². The highest BCUT2D eigenvalue weighted by Crippen LogP contribution is 2.32. The Kier molecular flexibility index (Phi) is 3.64. The van der Waals surface area contributed by atoms with Crippen molar-refractivity contribution in [3.8, 4) is 0 Å². The second-order valence-corrected chi connectivity index (χ2v) is 6.58. The Balaban J connectivity index is 2.25. The van der Waals surface area contributed by atoms with E-state index in [0.717, 1.165) is 12.8 Å². The Bertz CT molecular complexity index is 340. The number of carbonyl (C=O) groups excluding carboxylic acids is 2. The van der Waals surface area contributed by atoms with Crippen molar-refractivity contribution < 1.29 is 9.59 Å². The molecule has 4 nitrogen and oxygen atoms in total. The Morgan fingerprint density at radius 1 is 1.11 bits per heavy atom. The molecule has 0 aromatic carbocycles. The van der Waals surface area contributed by atoms with E-state index in [1.54, 1.807) is 0 Å². The van der Waals surface area contributed by atoms with E-state index in [-0.39, 0.29) is 35.9 Å². The van der Waals surface area contributed by atoms with Gasteiger partial charge in [-0.15, -0.1) is 0 Å². The summed E-state index contributed by atoms with van der Waals surface area (Å²) in [5.41, 5.74) is -0.211. The summed E-state index contributed by atoms with van der Waals surface area (Å²) in [6.07, 6.45) is 5.70. The standard InChI is InChI=1S/C14H24N2O2/c1-14(2,3)12-13(18)15-9-11(17)16(12)10-7-5-4-6-8-10/h10,12H,4-9H2,1-3H3,(H,15,18). The number of piperazine rings is 1. The lowest BCUT2D eigenvalue weighted by molar-refractivity contribution is -0.154. The number of nitrogens with zero attached hydrogens (tertiary/aromatic N) is 1. The SMILES string of the molecule is CC(C)(C)C1C(=O)NCC(=O)N1C1CCCCC1. The van der Waals surface area contributed by atoms with E-state index in [9.17, 15) is 9.59 Å². The largest absolute Gasteiger partial charge is 0.345 e. The molecule has 1 heterocycles. The molecule has 1 N–H and O–H groups in total. The van der Waals surface area contributed by atoms with Gasteiger partial charge in [-0.2, -0.15) is 0 Å². The first kappa shape index (κ1) is 13.4. The zero-order chi connectivity index (χ0) is 13.3. The third kappa shape index (κ3) is 2.52. The second kappa shape index (κ2) is 4.90. The van der Waals surface area contributed by atoms with Crippen molar-refractivity contribution in [2.75, 3.05) is 6.54 Å². The van der Waals surface area contributed by atoms with E-state index in [0.29, 0.717) is 0 Å². The van der Waals surface area contributed by atoms with Crippen molar-refractivity contribution in [3.63, 3.8) is 0 Å². The molecule has 1 aliphatic heterocycles. The van der Waals surface area contributed by atoms with Crippen molar-refractivity contribution in [2.45, 2.75) is 65.0 Å². The van der Waals surface area contributed by atoms with Gasteiger partial charge in [0.25, 0.3) is 0 Å². The molecule has 0 radical (unpaired) electrons. The zero-order valence-corrected chi connectivity index (χ0v) is 11.7. The maximum absolute atomic E-state index is 12.2. The Morgan fingerprint density at radius 3 is 2.28 bits per heavy atom. The first-order valence-corrected chi connectivity index (χ1v) is 7.00. The minimum atomic E-state index is -0.318. The van der Waals surface area contributed by atoms with Crippen LogP contribution in [0.4, 0.5) is 0 Å². The zero-order valence-electron chi connectivity index (χ0n) is 11.7. The fraction of sp³-hybridized carbons (Fsp3) is 0.857. The number of carbonyl (C=O) groups is 2.